The zero-order valence-corrected chi connectivity index (χ0v) is 29.0. The molecule has 4 fully saturated rings. The second-order valence-corrected chi connectivity index (χ2v) is 17.2. The Morgan fingerprint density at radius 1 is 1.00 bits per heavy atom. The maximum absolute atomic E-state index is 13.8. The van der Waals surface area contributed by atoms with Gasteiger partial charge in [-0.05, 0) is 107 Å². The van der Waals surface area contributed by atoms with Gasteiger partial charge in [0.2, 0.25) is 15.9 Å². The Kier molecular flexibility index (Phi) is 9.29. The maximum atomic E-state index is 13.8. The molecule has 1 aromatic carbocycles. The maximum Gasteiger partial charge on any atom is 0.228 e. The molecule has 1 amide bonds. The molecule has 2 bridgehead atoms. The minimum Gasteiger partial charge on any atom is -0.377 e. The minimum absolute atomic E-state index is 0.255. The van der Waals surface area contributed by atoms with Gasteiger partial charge in [-0.1, -0.05) is 31.0 Å². The van der Waals surface area contributed by atoms with Crippen LogP contribution < -0.4 is 0 Å². The predicted octanol–water partition coefficient (Wildman–Crippen LogP) is 5.47. The van der Waals surface area contributed by atoms with Crippen LogP contribution in [0.4, 0.5) is 0 Å². The summed E-state index contributed by atoms with van der Waals surface area (Å²) in [6.07, 6.45) is 11.9. The highest BCUT2D eigenvalue weighted by Gasteiger charge is 2.46. The van der Waals surface area contributed by atoms with E-state index in [1.165, 1.54) is 59.2 Å². The van der Waals surface area contributed by atoms with Crippen molar-refractivity contribution in [3.05, 3.63) is 46.6 Å². The first-order chi connectivity index (χ1) is 21.4. The fourth-order valence-electron chi connectivity index (χ4n) is 8.60. The molecule has 2 aromatic rings. The summed E-state index contributed by atoms with van der Waals surface area (Å²) in [5, 5.41) is 0. The monoisotopic (exact) mass is 638 g/mol. The van der Waals surface area contributed by atoms with E-state index in [1.54, 1.807) is 11.4 Å². The number of nitrogens with zero attached hydrogens (tertiary/aromatic N) is 3. The summed E-state index contributed by atoms with van der Waals surface area (Å²) in [6, 6.07) is 7.67. The standard InChI is InChI=1S/C36H54N4O4S/c1-26-21-27(2)23-29(22-26)33-32(12-17-38-18-14-36(44-5,15-19-38)25-39-16-6-20-45(39,42)43)28(24-37-33)11-13-35(3,4)34(41)40-30-7-8-31(40)10-9-30/h21-24,30-31,37H,6-20,25H2,1-5H3. The van der Waals surface area contributed by atoms with Crippen molar-refractivity contribution in [3.8, 4) is 11.3 Å². The highest BCUT2D eigenvalue weighted by molar-refractivity contribution is 7.89. The van der Waals surface area contributed by atoms with Gasteiger partial charge < -0.3 is 19.5 Å². The van der Waals surface area contributed by atoms with Gasteiger partial charge in [0.15, 0.2) is 0 Å². The van der Waals surface area contributed by atoms with E-state index in [0.29, 0.717) is 37.5 Å². The summed E-state index contributed by atoms with van der Waals surface area (Å²) in [5.74, 6) is 0.599. The summed E-state index contributed by atoms with van der Waals surface area (Å²) < 4.78 is 32.7. The molecule has 0 aliphatic carbocycles. The highest BCUT2D eigenvalue weighted by atomic mass is 32.2. The van der Waals surface area contributed by atoms with E-state index >= 15 is 0 Å². The third-order valence-corrected chi connectivity index (χ3v) is 13.3. The molecule has 45 heavy (non-hydrogen) atoms. The van der Waals surface area contributed by atoms with Crippen molar-refractivity contribution in [1.82, 2.24) is 19.1 Å². The molecule has 9 heteroatoms. The fraction of sp³-hybridized carbons (Fsp3) is 0.694. The minimum atomic E-state index is -3.15. The van der Waals surface area contributed by atoms with Gasteiger partial charge in [-0.2, -0.15) is 4.31 Å². The molecule has 0 saturated carbocycles. The number of carbonyl (C=O) groups is 1. The lowest BCUT2D eigenvalue weighted by Crippen LogP contribution is -2.52. The molecule has 248 valence electrons. The molecule has 1 aromatic heterocycles. The van der Waals surface area contributed by atoms with Gasteiger partial charge in [-0.3, -0.25) is 4.79 Å². The Balaban J connectivity index is 1.15. The molecule has 4 saturated heterocycles. The van der Waals surface area contributed by atoms with Crippen LogP contribution in [0.25, 0.3) is 11.3 Å². The number of hydrogen-bond acceptors (Lipinski definition) is 5. The van der Waals surface area contributed by atoms with Crippen LogP contribution in [0.5, 0.6) is 0 Å². The Labute approximate surface area is 270 Å². The van der Waals surface area contributed by atoms with E-state index in [9.17, 15) is 13.2 Å². The number of aromatic amines is 1. The molecule has 4 aliphatic rings. The van der Waals surface area contributed by atoms with Crippen molar-refractivity contribution < 1.29 is 17.9 Å². The molecular weight excluding hydrogens is 584 g/mol. The van der Waals surface area contributed by atoms with Crippen LogP contribution in [-0.2, 0) is 32.4 Å². The average Bonchev–Trinajstić information content (AvgIpc) is 3.78. The first-order valence-corrected chi connectivity index (χ1v) is 18.9. The van der Waals surface area contributed by atoms with Gasteiger partial charge in [0, 0.05) is 69.2 Å². The number of methoxy groups -OCH3 is 1. The van der Waals surface area contributed by atoms with Crippen molar-refractivity contribution in [1.29, 1.82) is 0 Å². The van der Waals surface area contributed by atoms with Gasteiger partial charge in [-0.25, -0.2) is 8.42 Å². The lowest BCUT2D eigenvalue weighted by Gasteiger charge is -2.42. The smallest absolute Gasteiger partial charge is 0.228 e. The van der Waals surface area contributed by atoms with Crippen molar-refractivity contribution in [2.75, 3.05) is 45.6 Å². The molecule has 8 nitrogen and oxygen atoms in total. The third kappa shape index (κ3) is 6.78. The number of likely N-dealkylation sites (tertiary alicyclic amines) is 1. The molecule has 4 aliphatic heterocycles. The summed E-state index contributed by atoms with van der Waals surface area (Å²) in [6.45, 7) is 12.4. The van der Waals surface area contributed by atoms with Gasteiger partial charge >= 0.3 is 0 Å². The predicted molar refractivity (Wildman–Crippen MR) is 180 cm³/mol. The van der Waals surface area contributed by atoms with Crippen LogP contribution in [0.3, 0.4) is 0 Å². The lowest BCUT2D eigenvalue weighted by atomic mass is 9.83. The van der Waals surface area contributed by atoms with Gasteiger partial charge in [-0.15, -0.1) is 0 Å². The number of sulfonamides is 1. The second kappa shape index (κ2) is 12.8. The van der Waals surface area contributed by atoms with Crippen LogP contribution in [0.1, 0.15) is 87.5 Å². The Morgan fingerprint density at radius 3 is 2.22 bits per heavy atom. The normalized spacial score (nSPS) is 25.0. The Hall–Kier alpha value is -2.20. The highest BCUT2D eigenvalue weighted by Crippen LogP contribution is 2.41. The SMILES string of the molecule is COC1(CN2CCCS2(=O)=O)CCN(CCc2c(CCC(C)(C)C(=O)N3C4CCC3CC4)c[nH]c2-c2cc(C)cc(C)c2)CC1. The Morgan fingerprint density at radius 2 is 1.64 bits per heavy atom. The van der Waals surface area contributed by atoms with Crippen molar-refractivity contribution >= 4 is 15.9 Å². The quantitative estimate of drug-likeness (QED) is 0.353. The van der Waals surface area contributed by atoms with Gasteiger partial charge in [0.25, 0.3) is 0 Å². The van der Waals surface area contributed by atoms with Crippen LogP contribution in [-0.4, -0.2) is 96.7 Å². The number of hydrogen-bond donors (Lipinski definition) is 1. The number of carbonyl (C=O) groups excluding carboxylic acids is 1. The zero-order chi connectivity index (χ0) is 32.0. The van der Waals surface area contributed by atoms with Crippen LogP contribution in [0.2, 0.25) is 0 Å². The summed E-state index contributed by atoms with van der Waals surface area (Å²) in [4.78, 5) is 22.2. The number of nitrogens with one attached hydrogen (secondary N) is 1. The van der Waals surface area contributed by atoms with E-state index in [4.69, 9.17) is 4.74 Å². The number of aromatic nitrogens is 1. The zero-order valence-electron chi connectivity index (χ0n) is 28.2. The Bertz CT molecular complexity index is 1450. The van der Waals surface area contributed by atoms with E-state index in [2.05, 4.69) is 66.9 Å². The number of rotatable bonds is 11. The van der Waals surface area contributed by atoms with Crippen molar-refractivity contribution in [2.24, 2.45) is 5.41 Å². The van der Waals surface area contributed by atoms with Gasteiger partial charge in [0.1, 0.15) is 0 Å². The van der Waals surface area contributed by atoms with Gasteiger partial charge in [0.05, 0.1) is 11.4 Å². The van der Waals surface area contributed by atoms with Crippen LogP contribution >= 0.6 is 0 Å². The van der Waals surface area contributed by atoms with Crippen molar-refractivity contribution in [2.45, 2.75) is 110 Å². The van der Waals surface area contributed by atoms with Crippen molar-refractivity contribution in [3.63, 3.8) is 0 Å². The third-order valence-electron chi connectivity index (χ3n) is 11.4. The van der Waals surface area contributed by atoms with Crippen LogP contribution in [0, 0.1) is 19.3 Å². The number of fused-ring (bicyclic) bond motifs is 2. The molecule has 5 heterocycles. The fourth-order valence-corrected chi connectivity index (χ4v) is 10.2. The summed E-state index contributed by atoms with van der Waals surface area (Å²) >= 11 is 0. The molecule has 0 atom stereocenters. The molecule has 0 spiro atoms. The number of amides is 1. The number of aryl methyl sites for hydroxylation is 3. The van der Waals surface area contributed by atoms with E-state index < -0.39 is 15.6 Å². The molecule has 0 unspecified atom stereocenters. The van der Waals surface area contributed by atoms with Crippen LogP contribution in [0.15, 0.2) is 24.4 Å². The summed E-state index contributed by atoms with van der Waals surface area (Å²) in [7, 11) is -1.41. The first kappa shape index (κ1) is 32.7. The lowest BCUT2D eigenvalue weighted by molar-refractivity contribution is -0.142. The molecule has 6 rings (SSSR count). The number of benzene rings is 1. The first-order valence-electron chi connectivity index (χ1n) is 17.3. The van der Waals surface area contributed by atoms with E-state index in [-0.39, 0.29) is 11.2 Å². The molecular formula is C36H54N4O4S. The van der Waals surface area contributed by atoms with E-state index in [1.807, 2.05) is 0 Å². The topological polar surface area (TPSA) is 85.9 Å². The van der Waals surface area contributed by atoms with E-state index in [0.717, 1.165) is 51.7 Å². The second-order valence-electron chi connectivity index (χ2n) is 15.1. The summed E-state index contributed by atoms with van der Waals surface area (Å²) in [5.41, 5.74) is 6.80. The largest absolute Gasteiger partial charge is 0.377 e. The number of piperidine rings is 1. The number of H-pyrrole nitrogens is 1. The molecule has 0 radical (unpaired) electrons. The molecule has 1 N–H and O–H groups in total. The average molecular weight is 639 g/mol. The number of ether oxygens (including phenoxy) is 1.